The van der Waals surface area contributed by atoms with Crippen LogP contribution in [0.25, 0.3) is 10.9 Å². The zero-order valence-corrected chi connectivity index (χ0v) is 11.6. The van der Waals surface area contributed by atoms with E-state index in [2.05, 4.69) is 38.1 Å². The van der Waals surface area contributed by atoms with Crippen LogP contribution in [0.15, 0.2) is 29.2 Å². The van der Waals surface area contributed by atoms with Crippen LogP contribution in [0.5, 0.6) is 0 Å². The molecule has 1 aliphatic rings. The van der Waals surface area contributed by atoms with Gasteiger partial charge >= 0.3 is 0 Å². The number of hydrogen-bond acceptors (Lipinski definition) is 3. The predicted octanol–water partition coefficient (Wildman–Crippen LogP) is 3.60. The van der Waals surface area contributed by atoms with E-state index < -0.39 is 0 Å². The molecule has 18 heavy (non-hydrogen) atoms. The first-order valence-corrected chi connectivity index (χ1v) is 7.30. The van der Waals surface area contributed by atoms with Gasteiger partial charge in [-0.1, -0.05) is 18.2 Å². The lowest BCUT2D eigenvalue weighted by molar-refractivity contribution is 0.149. The van der Waals surface area contributed by atoms with Crippen molar-refractivity contribution in [1.82, 2.24) is 4.98 Å². The van der Waals surface area contributed by atoms with Gasteiger partial charge in [0.1, 0.15) is 0 Å². The van der Waals surface area contributed by atoms with Gasteiger partial charge in [-0.2, -0.15) is 0 Å². The van der Waals surface area contributed by atoms with E-state index >= 15 is 0 Å². The number of fused-ring (bicyclic) bond motifs is 3. The molecule has 1 aromatic carbocycles. The average molecular weight is 259 g/mol. The third kappa shape index (κ3) is 2.02. The molecule has 0 bridgehead atoms. The van der Waals surface area contributed by atoms with E-state index in [1.165, 1.54) is 21.5 Å². The van der Waals surface area contributed by atoms with Gasteiger partial charge in [0.2, 0.25) is 0 Å². The number of pyridine rings is 1. The van der Waals surface area contributed by atoms with E-state index in [4.69, 9.17) is 9.72 Å². The summed E-state index contributed by atoms with van der Waals surface area (Å²) < 4.78 is 5.56. The number of thioether (sulfide) groups is 1. The van der Waals surface area contributed by atoms with Gasteiger partial charge < -0.3 is 4.74 Å². The summed E-state index contributed by atoms with van der Waals surface area (Å²) in [7, 11) is 0. The Hall–Kier alpha value is -1.06. The van der Waals surface area contributed by atoms with Crippen molar-refractivity contribution in [2.24, 2.45) is 0 Å². The van der Waals surface area contributed by atoms with Crippen molar-refractivity contribution in [3.05, 3.63) is 35.5 Å². The highest BCUT2D eigenvalue weighted by atomic mass is 32.2. The topological polar surface area (TPSA) is 22.1 Å². The van der Waals surface area contributed by atoms with E-state index in [1.807, 2.05) is 11.8 Å². The molecule has 0 amide bonds. The molecule has 0 fully saturated rings. The molecule has 2 heterocycles. The first kappa shape index (κ1) is 12.0. The summed E-state index contributed by atoms with van der Waals surface area (Å²) in [6.07, 6.45) is 1.09. The smallest absolute Gasteiger partial charge is 0.0716 e. The standard InChI is InChI=1S/C15H17NOS/c1-3-17-9-11-8-13-10(2)16-14-7-5-4-6-12(14)15(13)18-11/h4-7,11H,3,8-9H2,1-2H3. The van der Waals surface area contributed by atoms with Crippen molar-refractivity contribution in [3.63, 3.8) is 0 Å². The zero-order valence-electron chi connectivity index (χ0n) is 10.8. The van der Waals surface area contributed by atoms with Crippen LogP contribution < -0.4 is 0 Å². The Balaban J connectivity index is 2.01. The van der Waals surface area contributed by atoms with Crippen LogP contribution in [0.3, 0.4) is 0 Å². The summed E-state index contributed by atoms with van der Waals surface area (Å²) in [5.74, 6) is 0. The normalized spacial score (nSPS) is 18.2. The van der Waals surface area contributed by atoms with Crippen LogP contribution in [-0.2, 0) is 11.2 Å². The van der Waals surface area contributed by atoms with Crippen molar-refractivity contribution >= 4 is 22.7 Å². The van der Waals surface area contributed by atoms with Crippen LogP contribution in [-0.4, -0.2) is 23.4 Å². The summed E-state index contributed by atoms with van der Waals surface area (Å²) in [4.78, 5) is 6.13. The zero-order chi connectivity index (χ0) is 12.5. The summed E-state index contributed by atoms with van der Waals surface area (Å²) in [6.45, 7) is 5.80. The first-order chi connectivity index (χ1) is 8.79. The highest BCUT2D eigenvalue weighted by Crippen LogP contribution is 2.42. The summed E-state index contributed by atoms with van der Waals surface area (Å²) in [6, 6.07) is 8.42. The Morgan fingerprint density at radius 1 is 1.39 bits per heavy atom. The molecule has 0 spiro atoms. The molecule has 1 aliphatic heterocycles. The lowest BCUT2D eigenvalue weighted by Crippen LogP contribution is -2.10. The summed E-state index contributed by atoms with van der Waals surface area (Å²) >= 11 is 1.95. The van der Waals surface area contributed by atoms with Gasteiger partial charge in [0.15, 0.2) is 0 Å². The van der Waals surface area contributed by atoms with Crippen molar-refractivity contribution in [1.29, 1.82) is 0 Å². The van der Waals surface area contributed by atoms with Gasteiger partial charge in [0.25, 0.3) is 0 Å². The molecule has 1 atom stereocenters. The second-order valence-electron chi connectivity index (χ2n) is 4.63. The van der Waals surface area contributed by atoms with Gasteiger partial charge in [-0.25, -0.2) is 0 Å². The molecular weight excluding hydrogens is 242 g/mol. The number of aryl methyl sites for hydroxylation is 1. The molecule has 0 saturated carbocycles. The maximum atomic E-state index is 5.56. The Kier molecular flexibility index (Phi) is 3.27. The fourth-order valence-electron chi connectivity index (χ4n) is 2.49. The van der Waals surface area contributed by atoms with Gasteiger partial charge in [-0.15, -0.1) is 11.8 Å². The van der Waals surface area contributed by atoms with Gasteiger partial charge in [0, 0.05) is 27.8 Å². The van der Waals surface area contributed by atoms with Crippen LogP contribution in [0, 0.1) is 6.92 Å². The van der Waals surface area contributed by atoms with Crippen LogP contribution in [0.4, 0.5) is 0 Å². The van der Waals surface area contributed by atoms with Crippen LogP contribution in [0.1, 0.15) is 18.2 Å². The number of benzene rings is 1. The van der Waals surface area contributed by atoms with E-state index in [9.17, 15) is 0 Å². The van der Waals surface area contributed by atoms with E-state index in [0.29, 0.717) is 5.25 Å². The lowest BCUT2D eigenvalue weighted by Gasteiger charge is -2.07. The molecule has 0 saturated heterocycles. The lowest BCUT2D eigenvalue weighted by atomic mass is 10.1. The van der Waals surface area contributed by atoms with E-state index in [-0.39, 0.29) is 0 Å². The number of ether oxygens (including phenoxy) is 1. The van der Waals surface area contributed by atoms with Gasteiger partial charge in [0.05, 0.1) is 12.1 Å². The Morgan fingerprint density at radius 2 is 2.22 bits per heavy atom. The van der Waals surface area contributed by atoms with Crippen molar-refractivity contribution in [2.75, 3.05) is 13.2 Å². The van der Waals surface area contributed by atoms with Crippen molar-refractivity contribution < 1.29 is 4.74 Å². The minimum absolute atomic E-state index is 0.547. The third-order valence-corrected chi connectivity index (χ3v) is 4.71. The second kappa shape index (κ2) is 4.90. The molecule has 0 radical (unpaired) electrons. The Morgan fingerprint density at radius 3 is 3.06 bits per heavy atom. The maximum absolute atomic E-state index is 5.56. The quantitative estimate of drug-likeness (QED) is 0.841. The predicted molar refractivity (Wildman–Crippen MR) is 76.3 cm³/mol. The molecule has 2 aromatic rings. The molecular formula is C15H17NOS. The minimum atomic E-state index is 0.547. The summed E-state index contributed by atoms with van der Waals surface area (Å²) in [5.41, 5.74) is 3.71. The van der Waals surface area contributed by atoms with E-state index in [1.54, 1.807) is 0 Å². The number of hydrogen-bond donors (Lipinski definition) is 0. The number of aromatic nitrogens is 1. The second-order valence-corrected chi connectivity index (χ2v) is 5.94. The monoisotopic (exact) mass is 259 g/mol. The minimum Gasteiger partial charge on any atom is -0.381 e. The molecule has 0 N–H and O–H groups in total. The number of nitrogens with zero attached hydrogens (tertiary/aromatic N) is 1. The molecule has 3 heteroatoms. The Bertz CT molecular complexity index is 582. The number of para-hydroxylation sites is 1. The van der Waals surface area contributed by atoms with Crippen LogP contribution >= 0.6 is 11.8 Å². The fraction of sp³-hybridized carbons (Fsp3) is 0.400. The fourth-order valence-corrected chi connectivity index (χ4v) is 3.91. The highest BCUT2D eigenvalue weighted by molar-refractivity contribution is 8.00. The van der Waals surface area contributed by atoms with Crippen molar-refractivity contribution in [2.45, 2.75) is 30.4 Å². The SMILES string of the molecule is CCOCC1Cc2c(C)nc3ccccc3c2S1. The molecule has 3 rings (SSSR count). The van der Waals surface area contributed by atoms with E-state index in [0.717, 1.165) is 25.2 Å². The number of rotatable bonds is 3. The maximum Gasteiger partial charge on any atom is 0.0716 e. The Labute approximate surface area is 112 Å². The average Bonchev–Trinajstić information content (AvgIpc) is 2.81. The largest absolute Gasteiger partial charge is 0.381 e. The van der Waals surface area contributed by atoms with Gasteiger partial charge in [-0.05, 0) is 31.9 Å². The molecule has 1 unspecified atom stereocenters. The highest BCUT2D eigenvalue weighted by Gasteiger charge is 2.26. The first-order valence-electron chi connectivity index (χ1n) is 6.42. The van der Waals surface area contributed by atoms with Crippen LogP contribution in [0.2, 0.25) is 0 Å². The molecule has 94 valence electrons. The van der Waals surface area contributed by atoms with Gasteiger partial charge in [-0.3, -0.25) is 4.98 Å². The molecule has 2 nitrogen and oxygen atoms in total. The molecule has 1 aromatic heterocycles. The summed E-state index contributed by atoms with van der Waals surface area (Å²) in [5, 5.41) is 1.84. The van der Waals surface area contributed by atoms with Crippen molar-refractivity contribution in [3.8, 4) is 0 Å². The molecule has 0 aliphatic carbocycles. The third-order valence-electron chi connectivity index (χ3n) is 3.37.